The fourth-order valence-corrected chi connectivity index (χ4v) is 1.36. The van der Waals surface area contributed by atoms with Gasteiger partial charge in [0.1, 0.15) is 0 Å². The van der Waals surface area contributed by atoms with Gasteiger partial charge in [0, 0.05) is 12.8 Å². The van der Waals surface area contributed by atoms with E-state index in [9.17, 15) is 0 Å². The van der Waals surface area contributed by atoms with Gasteiger partial charge in [-0.2, -0.15) is 0 Å². The Labute approximate surface area is 98.3 Å². The minimum absolute atomic E-state index is 0. The van der Waals surface area contributed by atoms with E-state index in [4.69, 9.17) is 4.43 Å². The zero-order chi connectivity index (χ0) is 10.7. The first-order valence-corrected chi connectivity index (χ1v) is 7.87. The average molecular weight is 233 g/mol. The van der Waals surface area contributed by atoms with Gasteiger partial charge in [-0.1, -0.05) is 35.6 Å². The summed E-state index contributed by atoms with van der Waals surface area (Å²) in [7, 11) is 0.280. The second-order valence-corrected chi connectivity index (χ2v) is 9.36. The van der Waals surface area contributed by atoms with Gasteiger partial charge in [-0.15, -0.1) is 0 Å². The average Bonchev–Trinajstić information content (AvgIpc) is 1.98. The number of nitrogens with zero attached hydrogens (tertiary/aromatic N) is 1. The van der Waals surface area contributed by atoms with Crippen LogP contribution >= 0.6 is 0 Å². The number of hydrogen-bond donors (Lipinski definition) is 0. The highest BCUT2D eigenvalue weighted by Crippen LogP contribution is 2.16. The summed E-state index contributed by atoms with van der Waals surface area (Å²) in [5.41, 5.74) is 1.41. The van der Waals surface area contributed by atoms with Crippen molar-refractivity contribution in [3.05, 3.63) is 0 Å². The quantitative estimate of drug-likeness (QED) is 0.530. The maximum Gasteiger partial charge on any atom is 0.207 e. The molecule has 0 aromatic heterocycles. The lowest BCUT2D eigenvalue weighted by Crippen LogP contribution is -2.34. The molecule has 0 aromatic carbocycles. The second kappa shape index (κ2) is 7.18. The third kappa shape index (κ3) is 8.82. The van der Waals surface area contributed by atoms with Crippen molar-refractivity contribution < 1.29 is 4.43 Å². The highest BCUT2D eigenvalue weighted by Gasteiger charge is 2.21. The fourth-order valence-electron chi connectivity index (χ4n) is 0.611. The molecule has 0 aliphatic carbocycles. The number of aliphatic imine (C=N–C) groups is 1. The van der Waals surface area contributed by atoms with E-state index in [-0.39, 0.29) is 20.3 Å². The van der Waals surface area contributed by atoms with Crippen LogP contribution in [-0.4, -0.2) is 27.3 Å². The summed E-state index contributed by atoms with van der Waals surface area (Å²) >= 11 is 0. The first-order chi connectivity index (χ1) is 5.69. The minimum Gasteiger partial charge on any atom is -0.419 e. The van der Waals surface area contributed by atoms with E-state index in [1.54, 1.807) is 7.11 Å². The third-order valence-electron chi connectivity index (χ3n) is 2.34. The maximum absolute atomic E-state index is 5.43. The molecule has 0 saturated carbocycles. The van der Waals surface area contributed by atoms with Crippen LogP contribution in [-0.2, 0) is 4.43 Å². The lowest BCUT2D eigenvalue weighted by atomic mass is 9.91. The number of hydrogen-bond acceptors (Lipinski definition) is 2. The molecular formula is C12H31NOSi. The van der Waals surface area contributed by atoms with Gasteiger partial charge in [0.2, 0.25) is 8.32 Å². The topological polar surface area (TPSA) is 21.6 Å². The molecule has 0 spiro atoms. The van der Waals surface area contributed by atoms with E-state index >= 15 is 0 Å². The normalized spacial score (nSPS) is 12.9. The Hall–Kier alpha value is -0.153. The van der Waals surface area contributed by atoms with Crippen LogP contribution in [0.15, 0.2) is 4.99 Å². The summed E-state index contributed by atoms with van der Waals surface area (Å²) in [6.07, 6.45) is 0.868. The van der Waals surface area contributed by atoms with E-state index < -0.39 is 8.32 Å². The van der Waals surface area contributed by atoms with E-state index in [0.717, 1.165) is 6.17 Å². The smallest absolute Gasteiger partial charge is 0.207 e. The summed E-state index contributed by atoms with van der Waals surface area (Å²) in [6.45, 7) is 13.0. The standard InChI is InChI=1S/C10H23NOSi.2CH4/c1-9(10(2,3)4)11-8-13(6,7)12-5;;/h8H2,1-7H3;2*1H4. The van der Waals surface area contributed by atoms with Crippen molar-refractivity contribution in [2.75, 3.05) is 13.3 Å². The molecule has 0 aliphatic rings. The Balaban J connectivity index is -0.000000720. The van der Waals surface area contributed by atoms with Gasteiger partial charge >= 0.3 is 0 Å². The van der Waals surface area contributed by atoms with E-state index in [1.807, 2.05) is 0 Å². The molecule has 0 radical (unpaired) electrons. The predicted molar refractivity (Wildman–Crippen MR) is 75.4 cm³/mol. The Morgan fingerprint density at radius 2 is 1.60 bits per heavy atom. The molecule has 0 bridgehead atoms. The summed E-state index contributed by atoms with van der Waals surface area (Å²) in [6, 6.07) is 0. The molecule has 0 atom stereocenters. The first-order valence-electron chi connectivity index (χ1n) is 4.76. The van der Waals surface area contributed by atoms with Gasteiger partial charge in [0.15, 0.2) is 0 Å². The van der Waals surface area contributed by atoms with Gasteiger partial charge in [-0.05, 0) is 25.4 Å². The molecule has 0 fully saturated rings. The van der Waals surface area contributed by atoms with Gasteiger partial charge in [-0.3, -0.25) is 4.99 Å². The second-order valence-electron chi connectivity index (χ2n) is 5.12. The van der Waals surface area contributed by atoms with Crippen LogP contribution in [0.25, 0.3) is 0 Å². The van der Waals surface area contributed by atoms with Crippen molar-refractivity contribution in [2.45, 2.75) is 55.6 Å². The highest BCUT2D eigenvalue weighted by molar-refractivity contribution is 6.71. The van der Waals surface area contributed by atoms with Crippen molar-refractivity contribution >= 4 is 14.0 Å². The fraction of sp³-hybridized carbons (Fsp3) is 0.917. The maximum atomic E-state index is 5.43. The van der Waals surface area contributed by atoms with Crippen molar-refractivity contribution in [3.63, 3.8) is 0 Å². The lowest BCUT2D eigenvalue weighted by molar-refractivity contribution is 0.405. The van der Waals surface area contributed by atoms with Crippen LogP contribution < -0.4 is 0 Å². The zero-order valence-corrected chi connectivity index (χ0v) is 11.1. The molecular weight excluding hydrogens is 202 g/mol. The molecule has 0 aliphatic heterocycles. The third-order valence-corrected chi connectivity index (χ3v) is 4.36. The Morgan fingerprint density at radius 3 is 1.87 bits per heavy atom. The van der Waals surface area contributed by atoms with E-state index in [0.29, 0.717) is 0 Å². The molecule has 0 aromatic rings. The first kappa shape index (κ1) is 20.3. The molecule has 0 N–H and O–H groups in total. The summed E-state index contributed by atoms with van der Waals surface area (Å²) in [5, 5.41) is 0. The number of rotatable bonds is 3. The summed E-state index contributed by atoms with van der Waals surface area (Å²) < 4.78 is 5.43. The largest absolute Gasteiger partial charge is 0.419 e. The van der Waals surface area contributed by atoms with Crippen LogP contribution in [0, 0.1) is 5.41 Å². The Bertz CT molecular complexity index is 192. The molecule has 94 valence electrons. The molecule has 0 unspecified atom stereocenters. The van der Waals surface area contributed by atoms with Crippen LogP contribution in [0.2, 0.25) is 13.1 Å². The molecule has 15 heavy (non-hydrogen) atoms. The van der Waals surface area contributed by atoms with Gasteiger partial charge in [0.05, 0.1) is 6.17 Å². The van der Waals surface area contributed by atoms with Crippen LogP contribution in [0.5, 0.6) is 0 Å². The summed E-state index contributed by atoms with van der Waals surface area (Å²) in [4.78, 5) is 4.59. The van der Waals surface area contributed by atoms with Crippen LogP contribution in [0.4, 0.5) is 0 Å². The Morgan fingerprint density at radius 1 is 1.20 bits per heavy atom. The molecule has 0 rings (SSSR count). The minimum atomic E-state index is -1.51. The van der Waals surface area contributed by atoms with Crippen LogP contribution in [0.3, 0.4) is 0 Å². The monoisotopic (exact) mass is 233 g/mol. The molecule has 0 saturated heterocycles. The van der Waals surface area contributed by atoms with Crippen molar-refractivity contribution in [1.82, 2.24) is 0 Å². The summed E-state index contributed by atoms with van der Waals surface area (Å²) in [5.74, 6) is 0. The van der Waals surface area contributed by atoms with Crippen molar-refractivity contribution in [2.24, 2.45) is 10.4 Å². The van der Waals surface area contributed by atoms with E-state index in [1.165, 1.54) is 5.71 Å². The predicted octanol–water partition coefficient (Wildman–Crippen LogP) is 4.16. The lowest BCUT2D eigenvalue weighted by Gasteiger charge is -2.21. The molecule has 0 heterocycles. The zero-order valence-electron chi connectivity index (χ0n) is 10.1. The Kier molecular flexibility index (Phi) is 9.70. The molecule has 3 heteroatoms. The molecule has 2 nitrogen and oxygen atoms in total. The van der Waals surface area contributed by atoms with E-state index in [2.05, 4.69) is 45.8 Å². The van der Waals surface area contributed by atoms with Gasteiger partial charge in [-0.25, -0.2) is 0 Å². The van der Waals surface area contributed by atoms with Gasteiger partial charge < -0.3 is 4.43 Å². The van der Waals surface area contributed by atoms with Crippen molar-refractivity contribution in [1.29, 1.82) is 0 Å². The SMILES string of the molecule is C.C.CO[Si](C)(C)CN=C(C)C(C)(C)C. The highest BCUT2D eigenvalue weighted by atomic mass is 28.4. The van der Waals surface area contributed by atoms with Crippen molar-refractivity contribution in [3.8, 4) is 0 Å². The van der Waals surface area contributed by atoms with Crippen LogP contribution in [0.1, 0.15) is 42.5 Å². The molecule has 0 amide bonds. The van der Waals surface area contributed by atoms with Gasteiger partial charge in [0.25, 0.3) is 0 Å².